The number of piperazine rings is 1. The van der Waals surface area contributed by atoms with Crippen molar-refractivity contribution < 1.29 is 37.5 Å². The number of allylic oxidation sites excluding steroid dienone is 1. The summed E-state index contributed by atoms with van der Waals surface area (Å²) in [5.74, 6) is -2.52. The van der Waals surface area contributed by atoms with Gasteiger partial charge in [0.05, 0.1) is 34.6 Å². The van der Waals surface area contributed by atoms with E-state index in [1.54, 1.807) is 48.3 Å². The topological polar surface area (TPSA) is 177 Å². The van der Waals surface area contributed by atoms with Crippen LogP contribution in [0, 0.1) is 29.4 Å². The van der Waals surface area contributed by atoms with Crippen molar-refractivity contribution in [1.29, 1.82) is 0 Å². The quantitative estimate of drug-likeness (QED) is 0.199. The molecular formula is C59H74F2N8O7. The molecule has 0 radical (unpaired) electrons. The largest absolute Gasteiger partial charge is 0.371 e. The molecule has 3 aromatic rings. The van der Waals surface area contributed by atoms with Gasteiger partial charge in [-0.25, -0.2) is 13.9 Å². The first-order chi connectivity index (χ1) is 36.8. The lowest BCUT2D eigenvalue weighted by molar-refractivity contribution is -0.176. The maximum Gasteiger partial charge on any atom is 0.271 e. The van der Waals surface area contributed by atoms with Gasteiger partial charge in [0.1, 0.15) is 17.7 Å². The second-order valence-electron chi connectivity index (χ2n) is 22.9. The van der Waals surface area contributed by atoms with Crippen LogP contribution in [-0.2, 0) is 25.5 Å². The molecule has 17 heteroatoms. The minimum atomic E-state index is -0.813. The van der Waals surface area contributed by atoms with Gasteiger partial charge in [-0.3, -0.25) is 28.8 Å². The molecule has 2 unspecified atom stereocenters. The Morgan fingerprint density at radius 2 is 1.53 bits per heavy atom. The predicted molar refractivity (Wildman–Crippen MR) is 283 cm³/mol. The third kappa shape index (κ3) is 11.5. The van der Waals surface area contributed by atoms with Crippen molar-refractivity contribution in [2.75, 3.05) is 65.5 Å². The molecule has 5 aliphatic heterocycles. The number of piperidine rings is 2. The third-order valence-corrected chi connectivity index (χ3v) is 17.9. The zero-order chi connectivity index (χ0) is 53.1. The molecule has 406 valence electrons. The maximum absolute atomic E-state index is 16.4. The van der Waals surface area contributed by atoms with Crippen molar-refractivity contribution in [1.82, 2.24) is 40.4 Å². The number of ether oxygens (including phenoxy) is 1. The number of aromatic amines is 1. The smallest absolute Gasteiger partial charge is 0.271 e. The van der Waals surface area contributed by atoms with Crippen LogP contribution in [0.4, 0.5) is 8.78 Å². The molecule has 8 fully saturated rings. The van der Waals surface area contributed by atoms with E-state index >= 15 is 8.78 Å². The molecule has 2 atom stereocenters. The van der Waals surface area contributed by atoms with Crippen molar-refractivity contribution in [2.45, 2.75) is 133 Å². The number of hydrogen-bond acceptors (Lipinski definition) is 9. The highest BCUT2D eigenvalue weighted by molar-refractivity contribution is 5.98. The minimum absolute atomic E-state index is 0.0484. The highest BCUT2D eigenvalue weighted by atomic mass is 19.1. The van der Waals surface area contributed by atoms with E-state index in [1.165, 1.54) is 18.2 Å². The summed E-state index contributed by atoms with van der Waals surface area (Å²) in [6.45, 7) is 10.6. The molecule has 5 amide bonds. The van der Waals surface area contributed by atoms with Gasteiger partial charge < -0.3 is 35.0 Å². The summed E-state index contributed by atoms with van der Waals surface area (Å²) < 4.78 is 38.3. The molecule has 76 heavy (non-hydrogen) atoms. The van der Waals surface area contributed by atoms with Gasteiger partial charge in [0.2, 0.25) is 17.7 Å². The molecular weight excluding hydrogens is 971 g/mol. The second kappa shape index (κ2) is 22.9. The number of carbonyl (C=O) groups excluding carboxylic acids is 5. The van der Waals surface area contributed by atoms with Crippen LogP contribution in [0.5, 0.6) is 0 Å². The summed E-state index contributed by atoms with van der Waals surface area (Å²) in [5.41, 5.74) is 0.314. The Morgan fingerprint density at radius 1 is 0.816 bits per heavy atom. The summed E-state index contributed by atoms with van der Waals surface area (Å²) in [4.78, 5) is 89.1. The number of hydrogen-bond donors (Lipinski definition) is 3. The molecule has 1 aromatic heterocycles. The lowest BCUT2D eigenvalue weighted by Gasteiger charge is -2.55. The SMILES string of the molecule is C=C/C=c1/c(Cc2ccc(F)c(C(=O)N3CCN(C(=O)C4CCN(CC56CCC(NC(=O)C(NC(=O)c7cccc(C8CCCN(C(=O)C9CC9)C8)c7F)C7CCCCC7)(CC5)CO6)CC4)CC3)c2)n[nH]c(=O)/c1=C/C. The fourth-order valence-electron chi connectivity index (χ4n) is 13.2. The number of likely N-dealkylation sites (tertiary alicyclic amines) is 2. The number of carbonyl (C=O) groups is 5. The number of fused-ring (bicyclic) bond motifs is 3. The van der Waals surface area contributed by atoms with E-state index < -0.39 is 35.0 Å². The van der Waals surface area contributed by atoms with Gasteiger partial charge in [-0.1, -0.05) is 62.3 Å². The summed E-state index contributed by atoms with van der Waals surface area (Å²) in [6.07, 6.45) is 17.7. The van der Waals surface area contributed by atoms with Crippen LogP contribution in [0.25, 0.3) is 12.2 Å². The number of amides is 5. The number of nitrogens with zero attached hydrogens (tertiary/aromatic N) is 5. The Morgan fingerprint density at radius 3 is 2.21 bits per heavy atom. The highest BCUT2D eigenvalue weighted by Crippen LogP contribution is 2.45. The van der Waals surface area contributed by atoms with E-state index in [2.05, 4.69) is 32.3 Å². The zero-order valence-electron chi connectivity index (χ0n) is 44.0. The first-order valence-electron chi connectivity index (χ1n) is 28.1. The van der Waals surface area contributed by atoms with Crippen LogP contribution in [0.2, 0.25) is 0 Å². The summed E-state index contributed by atoms with van der Waals surface area (Å²) in [5, 5.41) is 14.2. The number of H-pyrrole nitrogens is 1. The Labute approximate surface area is 443 Å². The highest BCUT2D eigenvalue weighted by Gasteiger charge is 2.52. The molecule has 15 nitrogen and oxygen atoms in total. The van der Waals surface area contributed by atoms with Gasteiger partial charge in [-0.15, -0.1) is 0 Å². The molecule has 5 saturated heterocycles. The van der Waals surface area contributed by atoms with E-state index in [0.29, 0.717) is 86.0 Å². The Bertz CT molecular complexity index is 2880. The Hall–Kier alpha value is -6.07. The van der Waals surface area contributed by atoms with Gasteiger partial charge in [-0.05, 0) is 132 Å². The molecule has 3 N–H and O–H groups in total. The van der Waals surface area contributed by atoms with E-state index in [-0.39, 0.29) is 70.1 Å². The molecule has 0 spiro atoms. The lowest BCUT2D eigenvalue weighted by atomic mass is 9.70. The average Bonchev–Trinajstić information content (AvgIpc) is 4.32. The maximum atomic E-state index is 16.4. The van der Waals surface area contributed by atoms with Crippen molar-refractivity contribution in [3.8, 4) is 0 Å². The third-order valence-electron chi connectivity index (χ3n) is 17.9. The minimum Gasteiger partial charge on any atom is -0.371 e. The van der Waals surface area contributed by atoms with E-state index in [9.17, 15) is 28.8 Å². The van der Waals surface area contributed by atoms with Crippen molar-refractivity contribution in [3.05, 3.63) is 109 Å². The zero-order valence-corrected chi connectivity index (χ0v) is 44.0. The van der Waals surface area contributed by atoms with Crippen molar-refractivity contribution >= 4 is 41.7 Å². The van der Waals surface area contributed by atoms with Crippen LogP contribution in [0.3, 0.4) is 0 Å². The lowest BCUT2D eigenvalue weighted by Crippen LogP contribution is -2.67. The Balaban J connectivity index is 0.693. The predicted octanol–water partition coefficient (Wildman–Crippen LogP) is 5.10. The number of benzene rings is 2. The number of nitrogens with one attached hydrogen (secondary N) is 3. The Kier molecular flexibility index (Phi) is 16.0. The van der Waals surface area contributed by atoms with Crippen LogP contribution in [-0.4, -0.2) is 142 Å². The summed E-state index contributed by atoms with van der Waals surface area (Å²) >= 11 is 0. The fraction of sp³-hybridized carbons (Fsp3) is 0.576. The normalized spacial score (nSPS) is 25.6. The van der Waals surface area contributed by atoms with Gasteiger partial charge >= 0.3 is 0 Å². The van der Waals surface area contributed by atoms with E-state index in [4.69, 9.17) is 4.74 Å². The van der Waals surface area contributed by atoms with E-state index in [1.807, 2.05) is 9.80 Å². The fourth-order valence-corrected chi connectivity index (χ4v) is 13.2. The average molecular weight is 1050 g/mol. The van der Waals surface area contributed by atoms with Gasteiger partial charge in [-0.2, -0.15) is 5.10 Å². The molecule has 11 rings (SSSR count). The molecule has 3 saturated carbocycles. The van der Waals surface area contributed by atoms with Crippen molar-refractivity contribution in [2.24, 2.45) is 17.8 Å². The second-order valence-corrected chi connectivity index (χ2v) is 22.9. The number of halogens is 2. The van der Waals surface area contributed by atoms with Crippen LogP contribution in [0.1, 0.15) is 147 Å². The summed E-state index contributed by atoms with van der Waals surface area (Å²) in [6, 6.07) is 8.54. The molecule has 6 heterocycles. The molecule has 8 aliphatic rings. The van der Waals surface area contributed by atoms with Crippen LogP contribution < -0.4 is 26.6 Å². The van der Waals surface area contributed by atoms with Gasteiger partial charge in [0, 0.05) is 80.4 Å². The van der Waals surface area contributed by atoms with Gasteiger partial charge in [0.25, 0.3) is 17.4 Å². The summed E-state index contributed by atoms with van der Waals surface area (Å²) in [7, 11) is 0. The standard InChI is InChI=1S/C59H74F2N8O7/c1-3-10-45-43(4-2)53(71)65-64-49(45)34-38-16-19-48(60)47(33-38)57(75)68-31-29-67(30-32-68)55(73)41-20-27-66(28-21-41)36-59-24-22-58(23-25-59,37-76-59)63-54(72)51(39-11-6-5-7-12-39)62-52(70)46-15-8-14-44(50(46)61)42-13-9-26-69(35-42)56(74)40-17-18-40/h3-4,8,10,14-16,19,33,39-42,51H,1,5-7,9,11-13,17-18,20-32,34-37H2,2H3,(H,62,70)(H,63,72)(H,65,71)/b43-4+,45-10+. The van der Waals surface area contributed by atoms with Crippen LogP contribution >= 0.6 is 0 Å². The van der Waals surface area contributed by atoms with Gasteiger partial charge in [0.15, 0.2) is 0 Å². The number of aromatic nitrogens is 2. The first kappa shape index (κ1) is 53.3. The molecule has 2 bridgehead atoms. The van der Waals surface area contributed by atoms with Crippen LogP contribution in [0.15, 0.2) is 53.8 Å². The first-order valence-corrected chi connectivity index (χ1v) is 28.1. The number of rotatable bonds is 14. The van der Waals surface area contributed by atoms with E-state index in [0.717, 1.165) is 103 Å². The monoisotopic (exact) mass is 1040 g/mol. The van der Waals surface area contributed by atoms with Crippen molar-refractivity contribution in [3.63, 3.8) is 0 Å². The molecule has 3 aliphatic carbocycles. The molecule has 2 aromatic carbocycles.